The fourth-order valence-electron chi connectivity index (χ4n) is 2.41. The van der Waals surface area contributed by atoms with Crippen molar-refractivity contribution in [1.82, 2.24) is 4.90 Å². The van der Waals surface area contributed by atoms with Crippen molar-refractivity contribution in [3.8, 4) is 0 Å². The third kappa shape index (κ3) is 8.65. The fraction of sp³-hybridized carbons (Fsp3) is 0.857. The minimum Gasteiger partial charge on any atom is -0.358 e. The van der Waals surface area contributed by atoms with Crippen molar-refractivity contribution in [3.63, 3.8) is 0 Å². The Morgan fingerprint density at radius 1 is 1.06 bits per heavy atom. The molecule has 0 aromatic rings. The molecule has 0 N–H and O–H groups in total. The summed E-state index contributed by atoms with van der Waals surface area (Å²) in [7, 11) is 0. The van der Waals surface area contributed by atoms with Crippen molar-refractivity contribution < 1.29 is 51.4 Å². The second-order valence-corrected chi connectivity index (χ2v) is 4.69. The maximum Gasteiger partial charge on any atom is 1.00 e. The molecule has 0 amide bonds. The zero-order valence-corrected chi connectivity index (χ0v) is 15.7. The molecule has 16 heavy (non-hydrogen) atoms. The second kappa shape index (κ2) is 13.0. The minimum absolute atomic E-state index is 0. The Kier molecular flexibility index (Phi) is 18.5. The van der Waals surface area contributed by atoms with Crippen LogP contribution in [0.4, 0.5) is 0 Å². The molecule has 1 aliphatic rings. The molecule has 0 radical (unpaired) electrons. The first-order chi connectivity index (χ1) is 6.24. The molecule has 0 saturated heterocycles. The van der Waals surface area contributed by atoms with E-state index in [1.54, 1.807) is 0 Å². The number of hydrogen-bond acceptors (Lipinski definition) is 1. The Balaban J connectivity index is -0.000000563. The van der Waals surface area contributed by atoms with Gasteiger partial charge >= 0.3 is 51.4 Å². The molecule has 1 fully saturated rings. The molecule has 94 valence electrons. The SMILES string of the molecule is CCN(CC1CCCCC1)C(C)C.[CH3-].[CH3-].[K+]. The molecule has 0 heterocycles. The van der Waals surface area contributed by atoms with Gasteiger partial charge in [0.2, 0.25) is 0 Å². The van der Waals surface area contributed by atoms with Crippen molar-refractivity contribution >= 4 is 0 Å². The first-order valence-corrected chi connectivity index (χ1v) is 5.98. The van der Waals surface area contributed by atoms with E-state index in [0.717, 1.165) is 12.0 Å². The zero-order chi connectivity index (χ0) is 9.68. The average molecular weight is 253 g/mol. The van der Waals surface area contributed by atoms with Crippen LogP contribution in [0.15, 0.2) is 0 Å². The molecule has 0 bridgehead atoms. The standard InChI is InChI=1S/C12H25N.2CH3.K/c1-4-13(11(2)3)10-12-8-6-5-7-9-12;;;/h11-12H,4-10H2,1-3H3;2*1H3;/q;2*-1;+1. The maximum absolute atomic E-state index is 2.61. The molecule has 0 spiro atoms. The summed E-state index contributed by atoms with van der Waals surface area (Å²) < 4.78 is 0. The Bertz CT molecular complexity index is 131. The van der Waals surface area contributed by atoms with Crippen molar-refractivity contribution in [2.75, 3.05) is 13.1 Å². The molecule has 0 atom stereocenters. The molecule has 0 unspecified atom stereocenters. The number of nitrogens with zero attached hydrogens (tertiary/aromatic N) is 1. The molecule has 0 aliphatic heterocycles. The summed E-state index contributed by atoms with van der Waals surface area (Å²) in [6.45, 7) is 9.46. The van der Waals surface area contributed by atoms with Gasteiger partial charge in [-0.05, 0) is 39.2 Å². The third-order valence-corrected chi connectivity index (χ3v) is 3.35. The van der Waals surface area contributed by atoms with Gasteiger partial charge in [-0.3, -0.25) is 0 Å². The van der Waals surface area contributed by atoms with Crippen molar-refractivity contribution in [2.24, 2.45) is 5.92 Å². The van der Waals surface area contributed by atoms with Crippen LogP contribution in [0, 0.1) is 20.8 Å². The van der Waals surface area contributed by atoms with Crippen LogP contribution in [-0.4, -0.2) is 24.0 Å². The van der Waals surface area contributed by atoms with Gasteiger partial charge in [0, 0.05) is 12.6 Å². The van der Waals surface area contributed by atoms with Gasteiger partial charge in [-0.15, -0.1) is 0 Å². The molecule has 1 aliphatic carbocycles. The molecule has 0 aromatic heterocycles. The van der Waals surface area contributed by atoms with Crippen LogP contribution in [0.3, 0.4) is 0 Å². The van der Waals surface area contributed by atoms with Gasteiger partial charge in [0.25, 0.3) is 0 Å². The number of hydrogen-bond donors (Lipinski definition) is 0. The molecule has 0 aromatic carbocycles. The molecule has 1 nitrogen and oxygen atoms in total. The van der Waals surface area contributed by atoms with Crippen LogP contribution in [0.2, 0.25) is 0 Å². The molecular formula is C14H31KN-. The van der Waals surface area contributed by atoms with E-state index >= 15 is 0 Å². The first-order valence-electron chi connectivity index (χ1n) is 5.98. The summed E-state index contributed by atoms with van der Waals surface area (Å²) >= 11 is 0. The Labute approximate surface area is 147 Å². The Hall–Kier alpha value is 1.60. The summed E-state index contributed by atoms with van der Waals surface area (Å²) in [6, 6.07) is 0.729. The molecule has 2 heteroatoms. The van der Waals surface area contributed by atoms with Gasteiger partial charge in [-0.1, -0.05) is 26.2 Å². The van der Waals surface area contributed by atoms with E-state index in [-0.39, 0.29) is 66.2 Å². The van der Waals surface area contributed by atoms with E-state index in [4.69, 9.17) is 0 Å². The summed E-state index contributed by atoms with van der Waals surface area (Å²) in [5.74, 6) is 0.996. The zero-order valence-electron chi connectivity index (χ0n) is 12.6. The summed E-state index contributed by atoms with van der Waals surface area (Å²) in [5, 5.41) is 0. The van der Waals surface area contributed by atoms with E-state index in [2.05, 4.69) is 25.7 Å². The van der Waals surface area contributed by atoms with Gasteiger partial charge in [-0.25, -0.2) is 0 Å². The van der Waals surface area contributed by atoms with Crippen LogP contribution >= 0.6 is 0 Å². The Morgan fingerprint density at radius 2 is 1.56 bits per heavy atom. The number of rotatable bonds is 4. The average Bonchev–Trinajstić information content (AvgIpc) is 2.15. The van der Waals surface area contributed by atoms with E-state index in [1.165, 1.54) is 45.2 Å². The predicted octanol–water partition coefficient (Wildman–Crippen LogP) is 1.20. The fourth-order valence-corrected chi connectivity index (χ4v) is 2.41. The van der Waals surface area contributed by atoms with Gasteiger partial charge in [0.1, 0.15) is 0 Å². The van der Waals surface area contributed by atoms with Crippen molar-refractivity contribution in [3.05, 3.63) is 14.9 Å². The van der Waals surface area contributed by atoms with Crippen LogP contribution in [0.5, 0.6) is 0 Å². The summed E-state index contributed by atoms with van der Waals surface area (Å²) in [6.07, 6.45) is 7.37. The summed E-state index contributed by atoms with van der Waals surface area (Å²) in [5.41, 5.74) is 0. The molecule has 1 saturated carbocycles. The van der Waals surface area contributed by atoms with E-state index in [9.17, 15) is 0 Å². The molecular weight excluding hydrogens is 221 g/mol. The largest absolute Gasteiger partial charge is 1.00 e. The third-order valence-electron chi connectivity index (χ3n) is 3.35. The van der Waals surface area contributed by atoms with Gasteiger partial charge in [0.15, 0.2) is 0 Å². The van der Waals surface area contributed by atoms with Gasteiger partial charge < -0.3 is 19.8 Å². The second-order valence-electron chi connectivity index (χ2n) is 4.69. The monoisotopic (exact) mass is 252 g/mol. The minimum atomic E-state index is 0. The van der Waals surface area contributed by atoms with Crippen molar-refractivity contribution in [1.29, 1.82) is 0 Å². The van der Waals surface area contributed by atoms with Crippen LogP contribution < -0.4 is 51.4 Å². The van der Waals surface area contributed by atoms with E-state index < -0.39 is 0 Å². The molecule has 1 rings (SSSR count). The van der Waals surface area contributed by atoms with Crippen molar-refractivity contribution in [2.45, 2.75) is 58.9 Å². The van der Waals surface area contributed by atoms with Gasteiger partial charge in [0.05, 0.1) is 0 Å². The quantitative estimate of drug-likeness (QED) is 0.537. The topological polar surface area (TPSA) is 3.24 Å². The van der Waals surface area contributed by atoms with E-state index in [1.807, 2.05) is 0 Å². The van der Waals surface area contributed by atoms with Gasteiger partial charge in [-0.2, -0.15) is 0 Å². The summed E-state index contributed by atoms with van der Waals surface area (Å²) in [4.78, 5) is 2.61. The normalized spacial score (nSPS) is 16.3. The van der Waals surface area contributed by atoms with Crippen LogP contribution in [0.1, 0.15) is 52.9 Å². The smallest absolute Gasteiger partial charge is 0.358 e. The first kappa shape index (κ1) is 22.7. The van der Waals surface area contributed by atoms with Crippen LogP contribution in [0.25, 0.3) is 0 Å². The maximum atomic E-state index is 2.61. The van der Waals surface area contributed by atoms with E-state index in [0.29, 0.717) is 0 Å². The Morgan fingerprint density at radius 3 is 1.94 bits per heavy atom. The van der Waals surface area contributed by atoms with Crippen LogP contribution in [-0.2, 0) is 0 Å². The predicted molar refractivity (Wildman–Crippen MR) is 71.8 cm³/mol.